The van der Waals surface area contributed by atoms with Crippen LogP contribution in [0.5, 0.6) is 0 Å². The molecule has 0 aliphatic rings. The lowest BCUT2D eigenvalue weighted by Crippen LogP contribution is -2.64. The molecule has 0 aliphatic carbocycles. The van der Waals surface area contributed by atoms with Crippen LogP contribution in [0.25, 0.3) is 0 Å². The summed E-state index contributed by atoms with van der Waals surface area (Å²) >= 11 is 0. The first-order valence-electron chi connectivity index (χ1n) is 6.18. The number of carbonyl (C=O) groups is 1. The lowest BCUT2D eigenvalue weighted by Gasteiger charge is -2.38. The fourth-order valence-electron chi connectivity index (χ4n) is 1.16. The van der Waals surface area contributed by atoms with Crippen LogP contribution < -0.4 is 0 Å². The number of hydrogen-bond acceptors (Lipinski definition) is 4. The second-order valence-electron chi connectivity index (χ2n) is 4.84. The van der Waals surface area contributed by atoms with Crippen molar-refractivity contribution in [1.29, 1.82) is 0 Å². The molecule has 0 amide bonds. The quantitative estimate of drug-likeness (QED) is 0.321. The Morgan fingerprint density at radius 3 is 1.50 bits per heavy atom. The van der Waals surface area contributed by atoms with Gasteiger partial charge in [0.2, 0.25) is 0 Å². The van der Waals surface area contributed by atoms with E-state index in [1.807, 2.05) is 0 Å². The molecule has 2 unspecified atom stereocenters. The molecule has 0 heterocycles. The van der Waals surface area contributed by atoms with E-state index in [-0.39, 0.29) is 0 Å². The summed E-state index contributed by atoms with van der Waals surface area (Å²) in [5.41, 5.74) is -0.744. The van der Waals surface area contributed by atoms with Crippen LogP contribution in [-0.2, 0) is 19.0 Å². The summed E-state index contributed by atoms with van der Waals surface area (Å²) in [6.45, 7) is 0.599. The summed E-state index contributed by atoms with van der Waals surface area (Å²) in [6, 6.07) is 0. The largest absolute Gasteiger partial charge is 0.525 e. The van der Waals surface area contributed by atoms with Gasteiger partial charge >= 0.3 is 42.5 Å². The Labute approximate surface area is 145 Å². The maximum atomic E-state index is 13.8. The van der Waals surface area contributed by atoms with E-state index in [1.165, 1.54) is 0 Å². The molecule has 0 saturated heterocycles. The zero-order valence-corrected chi connectivity index (χ0v) is 13.0. The van der Waals surface area contributed by atoms with Gasteiger partial charge in [-0.25, -0.2) is 9.53 Å². The third kappa shape index (κ3) is 5.86. The lowest BCUT2D eigenvalue weighted by atomic mass is 10.2. The van der Waals surface area contributed by atoms with Gasteiger partial charge in [0.25, 0.3) is 0 Å². The van der Waals surface area contributed by atoms with Crippen LogP contribution in [0, 0.1) is 0 Å². The fraction of sp³-hybridized carbons (Fsp3) is 0.727. The Morgan fingerprint density at radius 2 is 1.21 bits per heavy atom. The van der Waals surface area contributed by atoms with Crippen molar-refractivity contribution in [3.8, 4) is 0 Å². The van der Waals surface area contributed by atoms with E-state index in [0.29, 0.717) is 0 Å². The summed E-state index contributed by atoms with van der Waals surface area (Å²) in [6.07, 6.45) is -28.2. The van der Waals surface area contributed by atoms with E-state index in [1.54, 1.807) is 4.74 Å². The zero-order valence-electron chi connectivity index (χ0n) is 13.0. The predicted octanol–water partition coefficient (Wildman–Crippen LogP) is 4.71. The van der Waals surface area contributed by atoms with Crippen LogP contribution >= 0.6 is 0 Å². The minimum atomic E-state index is -7.37. The maximum absolute atomic E-state index is 13.8. The van der Waals surface area contributed by atoms with Crippen LogP contribution in [0.15, 0.2) is 12.2 Å². The predicted molar refractivity (Wildman–Crippen MR) is 58.7 cm³/mol. The Balaban J connectivity index is 6.10. The summed E-state index contributed by atoms with van der Waals surface area (Å²) in [5.74, 6) is -15.3. The van der Waals surface area contributed by atoms with Gasteiger partial charge in [0.05, 0.1) is 0 Å². The first-order chi connectivity index (χ1) is 12.0. The number of esters is 1. The number of alkyl halides is 13. The van der Waals surface area contributed by atoms with Crippen LogP contribution in [0.2, 0.25) is 0 Å². The summed E-state index contributed by atoms with van der Waals surface area (Å²) in [7, 11) is 0. The number of rotatable bonds is 7. The first kappa shape index (κ1) is 26.2. The molecular weight excluding hydrogens is 443 g/mol. The molecule has 4 nitrogen and oxygen atoms in total. The topological polar surface area (TPSA) is 44.8 Å². The van der Waals surface area contributed by atoms with Gasteiger partial charge in [0.15, 0.2) is 6.61 Å². The number of hydrogen-bond donors (Lipinski definition) is 0. The van der Waals surface area contributed by atoms with Crippen molar-refractivity contribution >= 4 is 5.97 Å². The Bertz CT molecular complexity index is 593. The highest BCUT2D eigenvalue weighted by atomic mass is 19.4. The molecule has 2 atom stereocenters. The molecule has 0 aromatic carbocycles. The number of ether oxygens (including phenoxy) is 3. The minimum absolute atomic E-state index is 0.744. The molecule has 0 radical (unpaired) electrons. The summed E-state index contributed by atoms with van der Waals surface area (Å²) in [5, 5.41) is 0. The molecular formula is C11H7F13O4. The monoisotopic (exact) mass is 450 g/mol. The first-order valence-corrected chi connectivity index (χ1v) is 6.18. The van der Waals surface area contributed by atoms with Crippen molar-refractivity contribution < 1.29 is 76.1 Å². The lowest BCUT2D eigenvalue weighted by molar-refractivity contribution is -0.544. The summed E-state index contributed by atoms with van der Waals surface area (Å²) < 4.78 is 172. The SMILES string of the molecule is C=C(C)C(=O)OCC(F)(OC(F)(F)C(F)(OC(F)(F)F)C(F)(F)F)C(F)(F)F. The van der Waals surface area contributed by atoms with E-state index in [0.717, 1.165) is 6.92 Å². The third-order valence-corrected chi connectivity index (χ3v) is 2.45. The van der Waals surface area contributed by atoms with E-state index >= 15 is 0 Å². The van der Waals surface area contributed by atoms with Gasteiger partial charge in [0, 0.05) is 5.57 Å². The normalized spacial score (nSPS) is 18.2. The second-order valence-corrected chi connectivity index (χ2v) is 4.84. The minimum Gasteiger partial charge on any atom is -0.456 e. The van der Waals surface area contributed by atoms with Gasteiger partial charge < -0.3 is 4.74 Å². The average molecular weight is 450 g/mol. The van der Waals surface area contributed by atoms with Gasteiger partial charge in [-0.2, -0.15) is 43.9 Å². The van der Waals surface area contributed by atoms with Crippen LogP contribution in [-0.4, -0.2) is 49.1 Å². The van der Waals surface area contributed by atoms with E-state index in [9.17, 15) is 61.9 Å². The standard InChI is InChI=1S/C11H7F13O4/c1-4(2)5(25)26-3-6(12,8(14,15)16)27-10(20,21)7(13,9(17,18)19)28-11(22,23)24/h1,3H2,2H3. The van der Waals surface area contributed by atoms with Crippen molar-refractivity contribution in [3.05, 3.63) is 12.2 Å². The van der Waals surface area contributed by atoms with Crippen molar-refractivity contribution in [1.82, 2.24) is 0 Å². The van der Waals surface area contributed by atoms with Crippen molar-refractivity contribution in [2.45, 2.75) is 43.5 Å². The van der Waals surface area contributed by atoms with Crippen molar-refractivity contribution in [2.24, 2.45) is 0 Å². The Morgan fingerprint density at radius 1 is 0.786 bits per heavy atom. The van der Waals surface area contributed by atoms with Crippen LogP contribution in [0.4, 0.5) is 57.1 Å². The molecule has 0 saturated carbocycles. The molecule has 0 bridgehead atoms. The van der Waals surface area contributed by atoms with Gasteiger partial charge in [-0.15, -0.1) is 13.2 Å². The molecule has 0 rings (SSSR count). The molecule has 17 heteroatoms. The molecule has 0 aliphatic heterocycles. The van der Waals surface area contributed by atoms with Crippen LogP contribution in [0.1, 0.15) is 6.92 Å². The van der Waals surface area contributed by atoms with Gasteiger partial charge in [-0.1, -0.05) is 6.58 Å². The van der Waals surface area contributed by atoms with E-state index < -0.39 is 54.7 Å². The molecule has 0 N–H and O–H groups in total. The Kier molecular flexibility index (Phi) is 7.08. The van der Waals surface area contributed by atoms with Gasteiger partial charge in [-0.3, -0.25) is 4.74 Å². The number of carbonyl (C=O) groups excluding carboxylic acids is 1. The highest BCUT2D eigenvalue weighted by Gasteiger charge is 2.80. The van der Waals surface area contributed by atoms with E-state index in [2.05, 4.69) is 16.1 Å². The van der Waals surface area contributed by atoms with Gasteiger partial charge in [0.1, 0.15) is 0 Å². The molecule has 28 heavy (non-hydrogen) atoms. The second kappa shape index (κ2) is 7.57. The third-order valence-electron chi connectivity index (χ3n) is 2.45. The average Bonchev–Trinajstić information content (AvgIpc) is 2.39. The molecule has 0 aromatic rings. The molecule has 0 aromatic heterocycles. The Hall–Kier alpha value is -1.78. The fourth-order valence-corrected chi connectivity index (χ4v) is 1.16. The van der Waals surface area contributed by atoms with Crippen molar-refractivity contribution in [2.75, 3.05) is 6.61 Å². The zero-order chi connectivity index (χ0) is 23.0. The van der Waals surface area contributed by atoms with Crippen molar-refractivity contribution in [3.63, 3.8) is 0 Å². The summed E-state index contributed by atoms with van der Waals surface area (Å²) in [4.78, 5) is 10.9. The van der Waals surface area contributed by atoms with E-state index in [4.69, 9.17) is 0 Å². The smallest absolute Gasteiger partial charge is 0.456 e. The maximum Gasteiger partial charge on any atom is 0.525 e. The highest BCUT2D eigenvalue weighted by Crippen LogP contribution is 2.52. The molecule has 0 spiro atoms. The van der Waals surface area contributed by atoms with Gasteiger partial charge in [-0.05, 0) is 6.92 Å². The highest BCUT2D eigenvalue weighted by molar-refractivity contribution is 5.86. The van der Waals surface area contributed by atoms with Crippen LogP contribution in [0.3, 0.4) is 0 Å². The molecule has 0 fully saturated rings. The molecule has 166 valence electrons. The number of halogens is 13.